The average Bonchev–Trinajstić information content (AvgIpc) is 3.13. The minimum atomic E-state index is -4.28. The number of amides is 2. The summed E-state index contributed by atoms with van der Waals surface area (Å²) in [6.45, 7) is 1.84. The van der Waals surface area contributed by atoms with Gasteiger partial charge in [0.05, 0.1) is 12.0 Å². The molecule has 0 aromatic heterocycles. The van der Waals surface area contributed by atoms with E-state index in [2.05, 4.69) is 0 Å². The molecule has 2 unspecified atom stereocenters. The van der Waals surface area contributed by atoms with Crippen LogP contribution in [-0.2, 0) is 19.6 Å². The summed E-state index contributed by atoms with van der Waals surface area (Å²) in [5.74, 6) is -0.710. The van der Waals surface area contributed by atoms with Crippen molar-refractivity contribution in [1.29, 1.82) is 0 Å². The van der Waals surface area contributed by atoms with E-state index in [1.807, 2.05) is 6.92 Å². The fraction of sp³-hybridized carbons (Fsp3) is 0.167. The molecule has 0 radical (unpaired) electrons. The third kappa shape index (κ3) is 3.62. The van der Waals surface area contributed by atoms with Crippen molar-refractivity contribution >= 4 is 27.7 Å². The number of aryl methyl sites for hydroxylation is 1. The Morgan fingerprint density at radius 3 is 2.00 bits per heavy atom. The van der Waals surface area contributed by atoms with E-state index < -0.39 is 34.1 Å². The fourth-order valence-electron chi connectivity index (χ4n) is 3.87. The van der Waals surface area contributed by atoms with Gasteiger partial charge in [0.25, 0.3) is 10.0 Å². The normalized spacial score (nSPS) is 18.6. The van der Waals surface area contributed by atoms with Gasteiger partial charge in [0.2, 0.25) is 0 Å². The van der Waals surface area contributed by atoms with Crippen LogP contribution in [0.15, 0.2) is 89.8 Å². The van der Waals surface area contributed by atoms with Gasteiger partial charge in [-0.3, -0.25) is 4.90 Å². The summed E-state index contributed by atoms with van der Waals surface area (Å²) in [5, 5.41) is 0. The molecule has 4 rings (SSSR count). The Labute approximate surface area is 186 Å². The first kappa shape index (κ1) is 21.6. The van der Waals surface area contributed by atoms with Crippen LogP contribution in [0.1, 0.15) is 17.2 Å². The number of urea groups is 1. The van der Waals surface area contributed by atoms with Crippen LogP contribution >= 0.6 is 0 Å². The maximum Gasteiger partial charge on any atom is 0.340 e. The van der Waals surface area contributed by atoms with Crippen molar-refractivity contribution in [2.24, 2.45) is 0 Å². The number of benzene rings is 3. The zero-order chi connectivity index (χ0) is 22.9. The molecule has 0 spiro atoms. The molecule has 3 aromatic rings. The molecule has 8 heteroatoms. The molecule has 1 aliphatic heterocycles. The second-order valence-corrected chi connectivity index (χ2v) is 9.24. The van der Waals surface area contributed by atoms with Gasteiger partial charge in [-0.15, -0.1) is 0 Å². The van der Waals surface area contributed by atoms with Crippen LogP contribution in [0.3, 0.4) is 0 Å². The molecule has 0 saturated carbocycles. The lowest BCUT2D eigenvalue weighted by molar-refractivity contribution is -0.142. The van der Waals surface area contributed by atoms with Crippen molar-refractivity contribution in [3.05, 3.63) is 96.1 Å². The number of anilines is 1. The number of sulfonamides is 1. The number of hydrogen-bond donors (Lipinski definition) is 0. The molecule has 164 valence electrons. The lowest BCUT2D eigenvalue weighted by Crippen LogP contribution is -2.41. The summed E-state index contributed by atoms with van der Waals surface area (Å²) < 4.78 is 33.2. The smallest absolute Gasteiger partial charge is 0.340 e. The second-order valence-electron chi connectivity index (χ2n) is 7.43. The van der Waals surface area contributed by atoms with Gasteiger partial charge in [-0.05, 0) is 36.8 Å². The Bertz CT molecular complexity index is 1230. The van der Waals surface area contributed by atoms with Crippen LogP contribution in [0, 0.1) is 6.92 Å². The number of methoxy groups -OCH3 is 1. The van der Waals surface area contributed by atoms with E-state index in [1.165, 1.54) is 24.1 Å². The predicted molar refractivity (Wildman–Crippen MR) is 120 cm³/mol. The highest BCUT2D eigenvalue weighted by atomic mass is 32.2. The number of rotatable bonds is 5. The van der Waals surface area contributed by atoms with E-state index in [0.717, 1.165) is 9.87 Å². The fourth-order valence-corrected chi connectivity index (χ4v) is 5.41. The summed E-state index contributed by atoms with van der Waals surface area (Å²) in [7, 11) is -3.07. The maximum atomic E-state index is 13.7. The Morgan fingerprint density at radius 1 is 0.875 bits per heavy atom. The van der Waals surface area contributed by atoms with Gasteiger partial charge in [0.15, 0.2) is 6.04 Å². The lowest BCUT2D eigenvalue weighted by Gasteiger charge is -2.26. The average molecular weight is 451 g/mol. The number of carbonyl (C=O) groups excluding carboxylic acids is 2. The molecule has 2 atom stereocenters. The van der Waals surface area contributed by atoms with E-state index in [0.29, 0.717) is 11.3 Å². The Morgan fingerprint density at radius 2 is 1.44 bits per heavy atom. The minimum Gasteiger partial charge on any atom is -0.467 e. The van der Waals surface area contributed by atoms with E-state index in [4.69, 9.17) is 4.74 Å². The van der Waals surface area contributed by atoms with Crippen molar-refractivity contribution in [1.82, 2.24) is 4.31 Å². The molecule has 32 heavy (non-hydrogen) atoms. The number of para-hydroxylation sites is 1. The van der Waals surface area contributed by atoms with Crippen molar-refractivity contribution in [2.75, 3.05) is 12.0 Å². The molecule has 1 aliphatic rings. The Hall–Kier alpha value is -3.65. The molecule has 3 aromatic carbocycles. The number of ether oxygens (including phenoxy) is 1. The number of hydrogen-bond acceptors (Lipinski definition) is 5. The van der Waals surface area contributed by atoms with Crippen LogP contribution < -0.4 is 4.90 Å². The predicted octanol–water partition coefficient (Wildman–Crippen LogP) is 3.91. The zero-order valence-corrected chi connectivity index (χ0v) is 18.4. The van der Waals surface area contributed by atoms with Gasteiger partial charge in [-0.25, -0.2) is 22.3 Å². The highest BCUT2D eigenvalue weighted by molar-refractivity contribution is 7.89. The summed E-state index contributed by atoms with van der Waals surface area (Å²) in [6, 6.07) is 20.3. The molecule has 1 heterocycles. The maximum absolute atomic E-state index is 13.7. The molecule has 7 nitrogen and oxygen atoms in total. The van der Waals surface area contributed by atoms with Crippen LogP contribution in [-0.4, -0.2) is 37.9 Å². The van der Waals surface area contributed by atoms with Crippen LogP contribution in [0.5, 0.6) is 0 Å². The van der Waals surface area contributed by atoms with Gasteiger partial charge in [-0.1, -0.05) is 66.2 Å². The standard InChI is InChI=1S/C24H22N2O5S/c1-17-13-15-20(16-14-17)32(29,30)26-21(18-9-5-3-6-10-18)22(23(27)31-2)25(24(26)28)19-11-7-4-8-12-19/h3-16,21-22H,1-2H3. The molecule has 0 bridgehead atoms. The first-order valence-electron chi connectivity index (χ1n) is 9.98. The van der Waals surface area contributed by atoms with E-state index in [1.54, 1.807) is 72.8 Å². The molecular formula is C24H22N2O5S. The van der Waals surface area contributed by atoms with Crippen LogP contribution in [0.2, 0.25) is 0 Å². The SMILES string of the molecule is COC(=O)C1C(c2ccccc2)N(S(=O)(=O)c2ccc(C)cc2)C(=O)N1c1ccccc1. The summed E-state index contributed by atoms with van der Waals surface area (Å²) in [4.78, 5) is 27.8. The Balaban J connectivity index is 1.95. The molecule has 0 aliphatic carbocycles. The van der Waals surface area contributed by atoms with E-state index in [-0.39, 0.29) is 4.90 Å². The highest BCUT2D eigenvalue weighted by Crippen LogP contribution is 2.42. The third-order valence-corrected chi connectivity index (χ3v) is 7.19. The van der Waals surface area contributed by atoms with Gasteiger partial charge in [0, 0.05) is 5.69 Å². The van der Waals surface area contributed by atoms with Crippen molar-refractivity contribution < 1.29 is 22.7 Å². The third-order valence-electron chi connectivity index (χ3n) is 5.42. The lowest BCUT2D eigenvalue weighted by atomic mass is 10.00. The largest absolute Gasteiger partial charge is 0.467 e. The summed E-state index contributed by atoms with van der Waals surface area (Å²) >= 11 is 0. The molecule has 0 N–H and O–H groups in total. The number of esters is 1. The van der Waals surface area contributed by atoms with Crippen molar-refractivity contribution in [3.8, 4) is 0 Å². The summed E-state index contributed by atoms with van der Waals surface area (Å²) in [5.41, 5.74) is 1.79. The van der Waals surface area contributed by atoms with Crippen LogP contribution in [0.25, 0.3) is 0 Å². The van der Waals surface area contributed by atoms with Crippen molar-refractivity contribution in [3.63, 3.8) is 0 Å². The van der Waals surface area contributed by atoms with E-state index in [9.17, 15) is 18.0 Å². The van der Waals surface area contributed by atoms with Gasteiger partial charge < -0.3 is 4.74 Å². The number of carbonyl (C=O) groups is 2. The van der Waals surface area contributed by atoms with Gasteiger partial charge in [0.1, 0.15) is 6.04 Å². The monoisotopic (exact) mass is 450 g/mol. The first-order chi connectivity index (χ1) is 15.4. The second kappa shape index (κ2) is 8.47. The topological polar surface area (TPSA) is 84.0 Å². The van der Waals surface area contributed by atoms with Gasteiger partial charge >= 0.3 is 12.0 Å². The van der Waals surface area contributed by atoms with Gasteiger partial charge in [-0.2, -0.15) is 0 Å². The molecule has 2 amide bonds. The highest BCUT2D eigenvalue weighted by Gasteiger charge is 2.56. The first-order valence-corrected chi connectivity index (χ1v) is 11.4. The van der Waals surface area contributed by atoms with Crippen molar-refractivity contribution in [2.45, 2.75) is 23.9 Å². The number of nitrogens with zero attached hydrogens (tertiary/aromatic N) is 2. The van der Waals surface area contributed by atoms with E-state index >= 15 is 0 Å². The summed E-state index contributed by atoms with van der Waals surface area (Å²) in [6.07, 6.45) is 0. The van der Waals surface area contributed by atoms with Crippen LogP contribution in [0.4, 0.5) is 10.5 Å². The molecule has 1 saturated heterocycles. The quantitative estimate of drug-likeness (QED) is 0.551. The Kier molecular flexibility index (Phi) is 5.71. The molecule has 1 fully saturated rings. The zero-order valence-electron chi connectivity index (χ0n) is 17.6. The molecular weight excluding hydrogens is 428 g/mol. The minimum absolute atomic E-state index is 0.0316.